The predicted octanol–water partition coefficient (Wildman–Crippen LogP) is 2.73. The average molecular weight is 242 g/mol. The minimum atomic E-state index is 0.520. The number of oxazole rings is 1. The number of hydrogen-bond donors (Lipinski definition) is 1. The van der Waals surface area contributed by atoms with Gasteiger partial charge in [0.1, 0.15) is 6.26 Å². The van der Waals surface area contributed by atoms with Crippen molar-refractivity contribution in [2.75, 3.05) is 13.1 Å². The fourth-order valence-corrected chi connectivity index (χ4v) is 2.47. The number of nitrogens with one attached hydrogen (secondary N) is 1. The fourth-order valence-electron chi connectivity index (χ4n) is 2.47. The third-order valence-corrected chi connectivity index (χ3v) is 3.48. The highest BCUT2D eigenvalue weighted by Crippen LogP contribution is 2.23. The fraction of sp³-hybridized carbons (Fsp3) is 0.400. The molecule has 1 N–H and O–H groups in total. The molecule has 2 heterocycles. The Kier molecular flexibility index (Phi) is 3.42. The molecular formula is C15H18N2O. The molecule has 1 unspecified atom stereocenters. The van der Waals surface area contributed by atoms with E-state index in [9.17, 15) is 0 Å². The highest BCUT2D eigenvalue weighted by molar-refractivity contribution is 5.19. The summed E-state index contributed by atoms with van der Waals surface area (Å²) in [6.07, 6.45) is 5.05. The van der Waals surface area contributed by atoms with Crippen LogP contribution in [0.4, 0.5) is 0 Å². The van der Waals surface area contributed by atoms with Gasteiger partial charge in [0.2, 0.25) is 0 Å². The first-order valence-corrected chi connectivity index (χ1v) is 6.61. The van der Waals surface area contributed by atoms with E-state index in [2.05, 4.69) is 22.4 Å². The Labute approximate surface area is 107 Å². The zero-order chi connectivity index (χ0) is 12.2. The summed E-state index contributed by atoms with van der Waals surface area (Å²) in [6.45, 7) is 2.16. The third kappa shape index (κ3) is 2.62. The molecule has 1 atom stereocenters. The standard InChI is InChI=1S/C15H18N2O/c1-2-5-12(6-3-1)9-15-17-14(11-18-15)13-7-4-8-16-10-13/h1-3,5-6,11,13,16H,4,7-10H2. The summed E-state index contributed by atoms with van der Waals surface area (Å²) in [6, 6.07) is 10.3. The van der Waals surface area contributed by atoms with Crippen LogP contribution in [0.25, 0.3) is 0 Å². The quantitative estimate of drug-likeness (QED) is 0.899. The molecule has 94 valence electrons. The summed E-state index contributed by atoms with van der Waals surface area (Å²) in [5.41, 5.74) is 2.35. The van der Waals surface area contributed by atoms with Crippen LogP contribution in [0.15, 0.2) is 41.0 Å². The predicted molar refractivity (Wildman–Crippen MR) is 70.6 cm³/mol. The van der Waals surface area contributed by atoms with Crippen molar-refractivity contribution in [2.45, 2.75) is 25.2 Å². The second-order valence-corrected chi connectivity index (χ2v) is 4.87. The molecule has 0 spiro atoms. The largest absolute Gasteiger partial charge is 0.448 e. The van der Waals surface area contributed by atoms with Crippen molar-refractivity contribution in [1.82, 2.24) is 10.3 Å². The minimum absolute atomic E-state index is 0.520. The molecule has 0 bridgehead atoms. The molecular weight excluding hydrogens is 224 g/mol. The molecule has 1 aliphatic rings. The van der Waals surface area contributed by atoms with Gasteiger partial charge in [-0.3, -0.25) is 0 Å². The molecule has 18 heavy (non-hydrogen) atoms. The van der Waals surface area contributed by atoms with Gasteiger partial charge in [0.25, 0.3) is 0 Å². The van der Waals surface area contributed by atoms with Crippen LogP contribution in [-0.4, -0.2) is 18.1 Å². The zero-order valence-electron chi connectivity index (χ0n) is 10.4. The lowest BCUT2D eigenvalue weighted by Crippen LogP contribution is -2.28. The van der Waals surface area contributed by atoms with E-state index in [4.69, 9.17) is 4.42 Å². The van der Waals surface area contributed by atoms with Gasteiger partial charge in [0, 0.05) is 18.9 Å². The van der Waals surface area contributed by atoms with Gasteiger partial charge in [-0.25, -0.2) is 4.98 Å². The maximum Gasteiger partial charge on any atom is 0.198 e. The molecule has 1 saturated heterocycles. The molecule has 3 nitrogen and oxygen atoms in total. The SMILES string of the molecule is c1ccc(Cc2nc(C3CCCNC3)co2)cc1. The Balaban J connectivity index is 1.69. The molecule has 3 rings (SSSR count). The number of nitrogens with zero attached hydrogens (tertiary/aromatic N) is 1. The van der Waals surface area contributed by atoms with Gasteiger partial charge in [0.05, 0.1) is 5.69 Å². The highest BCUT2D eigenvalue weighted by atomic mass is 16.3. The van der Waals surface area contributed by atoms with Crippen molar-refractivity contribution in [3.05, 3.63) is 53.7 Å². The van der Waals surface area contributed by atoms with Gasteiger partial charge in [0.15, 0.2) is 5.89 Å². The number of benzene rings is 1. The van der Waals surface area contributed by atoms with Gasteiger partial charge >= 0.3 is 0 Å². The van der Waals surface area contributed by atoms with E-state index in [1.807, 2.05) is 24.5 Å². The van der Waals surface area contributed by atoms with Gasteiger partial charge in [-0.15, -0.1) is 0 Å². The van der Waals surface area contributed by atoms with E-state index in [1.165, 1.54) is 18.4 Å². The minimum Gasteiger partial charge on any atom is -0.448 e. The second-order valence-electron chi connectivity index (χ2n) is 4.87. The first kappa shape index (κ1) is 11.5. The van der Waals surface area contributed by atoms with Crippen LogP contribution >= 0.6 is 0 Å². The molecule has 1 aromatic carbocycles. The first-order chi connectivity index (χ1) is 8.92. The van der Waals surface area contributed by atoms with E-state index < -0.39 is 0 Å². The van der Waals surface area contributed by atoms with Crippen molar-refractivity contribution in [2.24, 2.45) is 0 Å². The highest BCUT2D eigenvalue weighted by Gasteiger charge is 2.18. The van der Waals surface area contributed by atoms with E-state index in [-0.39, 0.29) is 0 Å². The summed E-state index contributed by atoms with van der Waals surface area (Å²) >= 11 is 0. The summed E-state index contributed by atoms with van der Waals surface area (Å²) in [5, 5.41) is 3.41. The molecule has 3 heteroatoms. The zero-order valence-corrected chi connectivity index (χ0v) is 10.4. The normalized spacial score (nSPS) is 19.9. The van der Waals surface area contributed by atoms with Gasteiger partial charge in [-0.1, -0.05) is 30.3 Å². The van der Waals surface area contributed by atoms with Crippen molar-refractivity contribution < 1.29 is 4.42 Å². The number of piperidine rings is 1. The summed E-state index contributed by atoms with van der Waals surface area (Å²) < 4.78 is 5.58. The van der Waals surface area contributed by atoms with Crippen LogP contribution in [0.3, 0.4) is 0 Å². The molecule has 0 aliphatic carbocycles. The maximum atomic E-state index is 5.58. The summed E-state index contributed by atoms with van der Waals surface area (Å²) in [4.78, 5) is 4.62. The monoisotopic (exact) mass is 242 g/mol. The Morgan fingerprint density at radius 1 is 1.28 bits per heavy atom. The Morgan fingerprint density at radius 2 is 2.17 bits per heavy atom. The first-order valence-electron chi connectivity index (χ1n) is 6.61. The number of rotatable bonds is 3. The Morgan fingerprint density at radius 3 is 2.94 bits per heavy atom. The van der Waals surface area contributed by atoms with Crippen LogP contribution in [0.1, 0.15) is 35.9 Å². The Hall–Kier alpha value is -1.61. The van der Waals surface area contributed by atoms with Crippen LogP contribution in [0.2, 0.25) is 0 Å². The van der Waals surface area contributed by atoms with Crippen LogP contribution in [-0.2, 0) is 6.42 Å². The molecule has 0 amide bonds. The lowest BCUT2D eigenvalue weighted by Gasteiger charge is -2.20. The maximum absolute atomic E-state index is 5.58. The van der Waals surface area contributed by atoms with E-state index >= 15 is 0 Å². The van der Waals surface area contributed by atoms with Crippen molar-refractivity contribution in [3.8, 4) is 0 Å². The number of hydrogen-bond acceptors (Lipinski definition) is 3. The summed E-state index contributed by atoms with van der Waals surface area (Å²) in [7, 11) is 0. The van der Waals surface area contributed by atoms with Gasteiger partial charge < -0.3 is 9.73 Å². The molecule has 1 fully saturated rings. The third-order valence-electron chi connectivity index (χ3n) is 3.48. The van der Waals surface area contributed by atoms with Crippen LogP contribution < -0.4 is 5.32 Å². The average Bonchev–Trinajstić information content (AvgIpc) is 2.89. The topological polar surface area (TPSA) is 38.1 Å². The second kappa shape index (κ2) is 5.36. The van der Waals surface area contributed by atoms with Crippen molar-refractivity contribution >= 4 is 0 Å². The van der Waals surface area contributed by atoms with Crippen LogP contribution in [0, 0.1) is 0 Å². The summed E-state index contributed by atoms with van der Waals surface area (Å²) in [5.74, 6) is 1.34. The molecule has 2 aromatic rings. The smallest absolute Gasteiger partial charge is 0.198 e. The van der Waals surface area contributed by atoms with E-state index in [1.54, 1.807) is 0 Å². The lowest BCUT2D eigenvalue weighted by molar-refractivity contribution is 0.452. The van der Waals surface area contributed by atoms with Crippen LogP contribution in [0.5, 0.6) is 0 Å². The van der Waals surface area contributed by atoms with Crippen molar-refractivity contribution in [1.29, 1.82) is 0 Å². The van der Waals surface area contributed by atoms with E-state index in [0.717, 1.165) is 31.1 Å². The number of aromatic nitrogens is 1. The lowest BCUT2D eigenvalue weighted by atomic mass is 9.97. The Bertz CT molecular complexity index is 486. The molecule has 0 saturated carbocycles. The van der Waals surface area contributed by atoms with Gasteiger partial charge in [-0.05, 0) is 24.9 Å². The molecule has 1 aromatic heterocycles. The molecule has 0 radical (unpaired) electrons. The van der Waals surface area contributed by atoms with Gasteiger partial charge in [-0.2, -0.15) is 0 Å². The van der Waals surface area contributed by atoms with E-state index in [0.29, 0.717) is 5.92 Å². The molecule has 1 aliphatic heterocycles. The van der Waals surface area contributed by atoms with Crippen molar-refractivity contribution in [3.63, 3.8) is 0 Å².